The van der Waals surface area contributed by atoms with Gasteiger partial charge in [-0.2, -0.15) is 0 Å². The predicted molar refractivity (Wildman–Crippen MR) is 68.4 cm³/mol. The van der Waals surface area contributed by atoms with E-state index in [0.29, 0.717) is 0 Å². The summed E-state index contributed by atoms with van der Waals surface area (Å²) < 4.78 is 3.91. The van der Waals surface area contributed by atoms with E-state index in [1.165, 1.54) is 10.8 Å². The maximum Gasteiger partial charge on any atom is 0.0424 e. The van der Waals surface area contributed by atoms with Crippen molar-refractivity contribution >= 4 is 33.6 Å². The summed E-state index contributed by atoms with van der Waals surface area (Å²) in [6.07, 6.45) is 0. The van der Waals surface area contributed by atoms with Crippen molar-refractivity contribution in [3.63, 3.8) is 0 Å². The van der Waals surface area contributed by atoms with Crippen molar-refractivity contribution in [3.8, 4) is 0 Å². The average molecular weight is 241 g/mol. The van der Waals surface area contributed by atoms with Crippen LogP contribution >= 0.6 is 12.0 Å². The minimum Gasteiger partial charge on any atom is -0.710 e. The highest BCUT2D eigenvalue weighted by molar-refractivity contribution is 7.94. The van der Waals surface area contributed by atoms with Crippen LogP contribution in [0.15, 0.2) is 59.5 Å². The first-order chi connectivity index (χ1) is 8.38. The number of benzene rings is 3. The lowest BCUT2D eigenvalue weighted by Gasteiger charge is -2.09. The fraction of sp³-hybridized carbons (Fsp3) is 0. The quantitative estimate of drug-likeness (QED) is 0.299. The Morgan fingerprint density at radius 3 is 2.29 bits per heavy atom. The van der Waals surface area contributed by atoms with Crippen molar-refractivity contribution in [2.45, 2.75) is 4.90 Å². The van der Waals surface area contributed by atoms with Crippen LogP contribution in [0.1, 0.15) is 0 Å². The zero-order valence-corrected chi connectivity index (χ0v) is 9.74. The molecule has 3 aromatic carbocycles. The third kappa shape index (κ3) is 1.89. The summed E-state index contributed by atoms with van der Waals surface area (Å²) in [5, 5.41) is 14.8. The Morgan fingerprint density at radius 1 is 0.824 bits per heavy atom. The van der Waals surface area contributed by atoms with E-state index in [1.807, 2.05) is 30.3 Å². The van der Waals surface area contributed by atoms with E-state index in [1.54, 1.807) is 0 Å². The first-order valence-corrected chi connectivity index (χ1v) is 6.01. The largest absolute Gasteiger partial charge is 0.710 e. The molecule has 84 valence electrons. The molecule has 0 saturated heterocycles. The van der Waals surface area contributed by atoms with E-state index in [0.717, 1.165) is 27.7 Å². The molecule has 0 unspecified atom stereocenters. The Hall–Kier alpha value is -1.55. The van der Waals surface area contributed by atoms with Gasteiger partial charge in [-0.15, -0.1) is 0 Å². The smallest absolute Gasteiger partial charge is 0.0424 e. The molecular formula is C14H9O2S-. The molecule has 0 N–H and O–H groups in total. The van der Waals surface area contributed by atoms with Gasteiger partial charge in [0.15, 0.2) is 0 Å². The highest BCUT2D eigenvalue weighted by atomic mass is 32.2. The van der Waals surface area contributed by atoms with Gasteiger partial charge in [0.2, 0.25) is 0 Å². The van der Waals surface area contributed by atoms with E-state index in [2.05, 4.69) is 28.6 Å². The minimum absolute atomic E-state index is 0.850. The topological polar surface area (TPSA) is 32.3 Å². The first kappa shape index (κ1) is 10.6. The molecule has 0 aliphatic heterocycles. The van der Waals surface area contributed by atoms with Crippen LogP contribution in [0.5, 0.6) is 0 Å². The van der Waals surface area contributed by atoms with Gasteiger partial charge < -0.3 is 9.59 Å². The molecule has 3 rings (SSSR count). The molecule has 2 nitrogen and oxygen atoms in total. The van der Waals surface area contributed by atoms with Crippen LogP contribution in [0.2, 0.25) is 0 Å². The van der Waals surface area contributed by atoms with Crippen molar-refractivity contribution in [2.24, 2.45) is 0 Å². The van der Waals surface area contributed by atoms with Gasteiger partial charge in [0.25, 0.3) is 0 Å². The van der Waals surface area contributed by atoms with Crippen molar-refractivity contribution in [2.75, 3.05) is 0 Å². The zero-order valence-electron chi connectivity index (χ0n) is 8.92. The molecule has 0 heterocycles. The third-order valence-corrected chi connectivity index (χ3v) is 3.43. The van der Waals surface area contributed by atoms with Gasteiger partial charge in [-0.25, -0.2) is 0 Å². The van der Waals surface area contributed by atoms with Gasteiger partial charge in [-0.3, -0.25) is 0 Å². The Labute approximate surface area is 103 Å². The lowest BCUT2D eigenvalue weighted by Crippen LogP contribution is -1.95. The fourth-order valence-corrected chi connectivity index (χ4v) is 2.52. The fourth-order valence-electron chi connectivity index (χ4n) is 2.05. The first-order valence-electron chi connectivity index (χ1n) is 5.26. The summed E-state index contributed by atoms with van der Waals surface area (Å²) in [6, 6.07) is 18.2. The van der Waals surface area contributed by atoms with Crippen LogP contribution in [-0.4, -0.2) is 0 Å². The summed E-state index contributed by atoms with van der Waals surface area (Å²) in [7, 11) is 0. The second-order valence-corrected chi connectivity index (χ2v) is 4.57. The van der Waals surface area contributed by atoms with Gasteiger partial charge in [0.05, 0.1) is 0 Å². The van der Waals surface area contributed by atoms with Crippen molar-refractivity contribution < 1.29 is 9.59 Å². The molecule has 3 aromatic rings. The number of hydrogen-bond donors (Lipinski definition) is 0. The van der Waals surface area contributed by atoms with Crippen molar-refractivity contribution in [1.29, 1.82) is 0 Å². The lowest BCUT2D eigenvalue weighted by molar-refractivity contribution is -0.630. The van der Waals surface area contributed by atoms with E-state index < -0.39 is 0 Å². The standard InChI is InChI=1S/C14H10O2S/c15-16-17-14-7-3-6-12-8-10-4-1-2-5-11(10)9-13(12)14/h1-9,15H/p-1. The molecule has 0 bridgehead atoms. The van der Waals surface area contributed by atoms with E-state index in [-0.39, 0.29) is 0 Å². The Kier molecular flexibility index (Phi) is 2.73. The van der Waals surface area contributed by atoms with Gasteiger partial charge >= 0.3 is 0 Å². The van der Waals surface area contributed by atoms with Crippen LogP contribution < -0.4 is 5.26 Å². The Morgan fingerprint density at radius 2 is 1.53 bits per heavy atom. The van der Waals surface area contributed by atoms with Crippen LogP contribution in [0.4, 0.5) is 0 Å². The monoisotopic (exact) mass is 241 g/mol. The second kappa shape index (κ2) is 4.37. The molecule has 0 fully saturated rings. The normalized spacial score (nSPS) is 11.1. The lowest BCUT2D eigenvalue weighted by atomic mass is 10.0. The van der Waals surface area contributed by atoms with Crippen molar-refractivity contribution in [1.82, 2.24) is 0 Å². The molecule has 3 heteroatoms. The van der Waals surface area contributed by atoms with E-state index in [4.69, 9.17) is 0 Å². The average Bonchev–Trinajstić information content (AvgIpc) is 2.37. The van der Waals surface area contributed by atoms with Gasteiger partial charge in [0.1, 0.15) is 0 Å². The zero-order chi connectivity index (χ0) is 11.7. The van der Waals surface area contributed by atoms with Crippen LogP contribution in [0.3, 0.4) is 0 Å². The van der Waals surface area contributed by atoms with E-state index in [9.17, 15) is 5.26 Å². The second-order valence-electron chi connectivity index (χ2n) is 3.83. The number of hydrogen-bond acceptors (Lipinski definition) is 3. The number of fused-ring (bicyclic) bond motifs is 2. The molecule has 0 atom stereocenters. The van der Waals surface area contributed by atoms with Crippen LogP contribution in [-0.2, 0) is 4.33 Å². The summed E-state index contributed by atoms with van der Waals surface area (Å²) >= 11 is 0.858. The van der Waals surface area contributed by atoms with Crippen LogP contribution in [0, 0.1) is 0 Å². The predicted octanol–water partition coefficient (Wildman–Crippen LogP) is 3.29. The van der Waals surface area contributed by atoms with E-state index >= 15 is 0 Å². The van der Waals surface area contributed by atoms with Crippen molar-refractivity contribution in [3.05, 3.63) is 54.6 Å². The summed E-state index contributed by atoms with van der Waals surface area (Å²) in [5.74, 6) is 0. The summed E-state index contributed by atoms with van der Waals surface area (Å²) in [6.45, 7) is 0. The molecule has 0 aromatic heterocycles. The molecule has 0 aliphatic rings. The summed E-state index contributed by atoms with van der Waals surface area (Å²) in [4.78, 5) is 0.850. The third-order valence-electron chi connectivity index (χ3n) is 2.83. The van der Waals surface area contributed by atoms with Crippen LogP contribution in [0.25, 0.3) is 21.5 Å². The molecule has 0 spiro atoms. The maximum absolute atomic E-state index is 10.3. The Bertz CT molecular complexity index is 679. The highest BCUT2D eigenvalue weighted by Gasteiger charge is 2.02. The molecule has 0 amide bonds. The maximum atomic E-state index is 10.3. The molecule has 0 aliphatic carbocycles. The van der Waals surface area contributed by atoms with Gasteiger partial charge in [-0.1, -0.05) is 36.4 Å². The number of rotatable bonds is 2. The highest BCUT2D eigenvalue weighted by Crippen LogP contribution is 2.30. The molecule has 0 saturated carbocycles. The van der Waals surface area contributed by atoms with Gasteiger partial charge in [-0.05, 0) is 39.7 Å². The van der Waals surface area contributed by atoms with Gasteiger partial charge in [0, 0.05) is 16.9 Å². The summed E-state index contributed by atoms with van der Waals surface area (Å²) in [5.41, 5.74) is 0. The molecule has 0 radical (unpaired) electrons. The minimum atomic E-state index is 0.850. The molecule has 17 heavy (non-hydrogen) atoms. The SMILES string of the molecule is [O-]OSc1cccc2cc3ccccc3cc12. The Balaban J connectivity index is 2.35. The molecular weight excluding hydrogens is 232 g/mol.